The van der Waals surface area contributed by atoms with Crippen LogP contribution in [-0.2, 0) is 4.79 Å². The summed E-state index contributed by atoms with van der Waals surface area (Å²) in [5.74, 6) is 2.47. The van der Waals surface area contributed by atoms with Crippen molar-refractivity contribution < 1.29 is 9.90 Å². The summed E-state index contributed by atoms with van der Waals surface area (Å²) in [6, 6.07) is 7.00. The van der Waals surface area contributed by atoms with Gasteiger partial charge in [0.05, 0.1) is 11.6 Å². The lowest BCUT2D eigenvalue weighted by Gasteiger charge is -2.46. The van der Waals surface area contributed by atoms with Crippen LogP contribution in [0.4, 0.5) is 0 Å². The second kappa shape index (κ2) is 5.66. The lowest BCUT2D eigenvalue weighted by molar-refractivity contribution is -0.138. The minimum Gasteiger partial charge on any atom is -0.507 e. The van der Waals surface area contributed by atoms with Crippen LogP contribution in [-0.4, -0.2) is 17.2 Å². The van der Waals surface area contributed by atoms with E-state index in [0.717, 1.165) is 37.0 Å². The molecule has 0 spiro atoms. The Kier molecular flexibility index (Phi) is 3.63. The summed E-state index contributed by atoms with van der Waals surface area (Å²) in [7, 11) is 0. The Bertz CT molecular complexity index is 624. The minimum absolute atomic E-state index is 0.0884. The van der Waals surface area contributed by atoms with Gasteiger partial charge in [0.25, 0.3) is 0 Å². The molecule has 2 unspecified atom stereocenters. The van der Waals surface area contributed by atoms with Crippen molar-refractivity contribution in [3.8, 4) is 5.75 Å². The molecule has 5 rings (SSSR count). The first-order valence-electron chi connectivity index (χ1n) is 8.76. The van der Waals surface area contributed by atoms with Crippen molar-refractivity contribution in [1.82, 2.24) is 5.43 Å². The summed E-state index contributed by atoms with van der Waals surface area (Å²) in [5, 5.41) is 13.8. The molecule has 4 atom stereocenters. The Hall–Kier alpha value is -1.84. The van der Waals surface area contributed by atoms with Crippen molar-refractivity contribution in [3.63, 3.8) is 0 Å². The van der Waals surface area contributed by atoms with Crippen LogP contribution in [0.3, 0.4) is 0 Å². The Morgan fingerprint density at radius 3 is 2.48 bits per heavy atom. The lowest BCUT2D eigenvalue weighted by atomic mass is 9.58. The van der Waals surface area contributed by atoms with E-state index in [1.165, 1.54) is 31.9 Å². The van der Waals surface area contributed by atoms with Gasteiger partial charge in [0.1, 0.15) is 5.75 Å². The summed E-state index contributed by atoms with van der Waals surface area (Å²) < 4.78 is 0. The molecular weight excluding hydrogens is 288 g/mol. The number of hydrogen-bond acceptors (Lipinski definition) is 3. The number of phenolic OH excluding ortho intramolecular Hbond substituents is 1. The number of rotatable bonds is 3. The number of amides is 1. The van der Waals surface area contributed by atoms with Gasteiger partial charge < -0.3 is 5.11 Å². The van der Waals surface area contributed by atoms with Gasteiger partial charge in [-0.3, -0.25) is 4.79 Å². The molecule has 0 heterocycles. The van der Waals surface area contributed by atoms with Crippen molar-refractivity contribution >= 4 is 12.1 Å². The first kappa shape index (κ1) is 14.7. The van der Waals surface area contributed by atoms with Crippen LogP contribution in [0, 0.1) is 23.2 Å². The molecule has 1 amide bonds. The van der Waals surface area contributed by atoms with Crippen molar-refractivity contribution in [2.24, 2.45) is 28.3 Å². The minimum atomic E-state index is -0.191. The highest BCUT2D eigenvalue weighted by Crippen LogP contribution is 2.57. The Morgan fingerprint density at radius 2 is 1.78 bits per heavy atom. The molecular formula is C19H24N2O2. The molecule has 1 aromatic rings. The van der Waals surface area contributed by atoms with E-state index < -0.39 is 0 Å². The van der Waals surface area contributed by atoms with Gasteiger partial charge in [0.2, 0.25) is 5.91 Å². The maximum atomic E-state index is 12.8. The van der Waals surface area contributed by atoms with Crippen LogP contribution >= 0.6 is 0 Å². The summed E-state index contributed by atoms with van der Waals surface area (Å²) >= 11 is 0. The fourth-order valence-electron chi connectivity index (χ4n) is 5.35. The molecule has 23 heavy (non-hydrogen) atoms. The van der Waals surface area contributed by atoms with E-state index in [2.05, 4.69) is 10.5 Å². The number of nitrogens with one attached hydrogen (secondary N) is 1. The normalized spacial score (nSPS) is 35.4. The first-order valence-corrected chi connectivity index (χ1v) is 8.76. The molecule has 2 N–H and O–H groups in total. The number of phenols is 1. The predicted molar refractivity (Wildman–Crippen MR) is 89.1 cm³/mol. The number of hydrogen-bond donors (Lipinski definition) is 2. The van der Waals surface area contributed by atoms with Crippen molar-refractivity contribution in [2.45, 2.75) is 44.9 Å². The average Bonchev–Trinajstić information content (AvgIpc) is 2.75. The highest BCUT2D eigenvalue weighted by molar-refractivity contribution is 5.87. The quantitative estimate of drug-likeness (QED) is 0.663. The maximum Gasteiger partial charge on any atom is 0.246 e. The highest BCUT2D eigenvalue weighted by atomic mass is 16.3. The van der Waals surface area contributed by atoms with Crippen LogP contribution < -0.4 is 5.43 Å². The molecule has 0 aliphatic heterocycles. The molecule has 4 aliphatic carbocycles. The van der Waals surface area contributed by atoms with Crippen molar-refractivity contribution in [2.75, 3.05) is 0 Å². The molecule has 0 aromatic heterocycles. The molecule has 0 saturated heterocycles. The van der Waals surface area contributed by atoms with Gasteiger partial charge >= 0.3 is 0 Å². The van der Waals surface area contributed by atoms with E-state index in [1.807, 2.05) is 6.07 Å². The van der Waals surface area contributed by atoms with Gasteiger partial charge in [-0.25, -0.2) is 5.43 Å². The highest BCUT2D eigenvalue weighted by Gasteiger charge is 2.52. The van der Waals surface area contributed by atoms with Gasteiger partial charge in [-0.05, 0) is 62.0 Å². The topological polar surface area (TPSA) is 61.7 Å². The molecule has 4 saturated carbocycles. The van der Waals surface area contributed by atoms with Gasteiger partial charge in [0.15, 0.2) is 0 Å². The fraction of sp³-hybridized carbons (Fsp3) is 0.579. The number of para-hydroxylation sites is 1. The SMILES string of the molecule is O=C(N/N=C/c1ccccc1O)C12CC3C[C@@H](CC[C@@H](C3)C1)C2. The molecule has 4 bridgehead atoms. The van der Waals surface area contributed by atoms with Crippen LogP contribution in [0.2, 0.25) is 0 Å². The second-order valence-corrected chi connectivity index (χ2v) is 7.80. The third-order valence-electron chi connectivity index (χ3n) is 6.14. The first-order chi connectivity index (χ1) is 11.1. The third kappa shape index (κ3) is 2.75. The molecule has 4 heteroatoms. The van der Waals surface area contributed by atoms with Gasteiger partial charge in [0, 0.05) is 5.56 Å². The zero-order valence-corrected chi connectivity index (χ0v) is 13.4. The number of carbonyl (C=O) groups is 1. The predicted octanol–water partition coefficient (Wildman–Crippen LogP) is 3.45. The van der Waals surface area contributed by atoms with E-state index in [9.17, 15) is 9.90 Å². The summed E-state index contributed by atoms with van der Waals surface area (Å²) in [6.07, 6.45) is 9.91. The van der Waals surface area contributed by atoms with Gasteiger partial charge in [-0.15, -0.1) is 0 Å². The number of fused-ring (bicyclic) bond motifs is 1. The molecule has 0 radical (unpaired) electrons. The van der Waals surface area contributed by atoms with E-state index >= 15 is 0 Å². The molecule has 4 fully saturated rings. The zero-order valence-electron chi connectivity index (χ0n) is 13.4. The van der Waals surface area contributed by atoms with Gasteiger partial charge in [-0.1, -0.05) is 25.0 Å². The van der Waals surface area contributed by atoms with Crippen LogP contribution in [0.5, 0.6) is 5.75 Å². The standard InChI is InChI=1S/C19H24N2O2/c22-17-4-2-1-3-16(17)12-20-21-18(23)19-9-13-5-6-14(10-19)8-15(7-13)11-19/h1-4,12-15,22H,5-11H2,(H,21,23)/b20-12+/t13-,14+,15?,19?. The van der Waals surface area contributed by atoms with Crippen molar-refractivity contribution in [1.29, 1.82) is 0 Å². The van der Waals surface area contributed by atoms with E-state index in [1.54, 1.807) is 18.2 Å². The number of benzene rings is 1. The Morgan fingerprint density at radius 1 is 1.13 bits per heavy atom. The molecule has 4 nitrogen and oxygen atoms in total. The molecule has 122 valence electrons. The van der Waals surface area contributed by atoms with E-state index in [-0.39, 0.29) is 17.1 Å². The number of aromatic hydroxyl groups is 1. The van der Waals surface area contributed by atoms with E-state index in [4.69, 9.17) is 0 Å². The third-order valence-corrected chi connectivity index (χ3v) is 6.14. The number of nitrogens with zero attached hydrogens (tertiary/aromatic N) is 1. The maximum absolute atomic E-state index is 12.8. The summed E-state index contributed by atoms with van der Waals surface area (Å²) in [4.78, 5) is 12.8. The van der Waals surface area contributed by atoms with Crippen molar-refractivity contribution in [3.05, 3.63) is 29.8 Å². The fourth-order valence-corrected chi connectivity index (χ4v) is 5.35. The molecule has 4 aliphatic rings. The van der Waals surface area contributed by atoms with Crippen LogP contribution in [0.1, 0.15) is 50.5 Å². The zero-order chi connectivity index (χ0) is 15.9. The van der Waals surface area contributed by atoms with Crippen LogP contribution in [0.15, 0.2) is 29.4 Å². The largest absolute Gasteiger partial charge is 0.507 e. The number of hydrazone groups is 1. The van der Waals surface area contributed by atoms with E-state index in [0.29, 0.717) is 5.56 Å². The monoisotopic (exact) mass is 312 g/mol. The van der Waals surface area contributed by atoms with Gasteiger partial charge in [-0.2, -0.15) is 5.10 Å². The number of carbonyl (C=O) groups excluding carboxylic acids is 1. The smallest absolute Gasteiger partial charge is 0.246 e. The Balaban J connectivity index is 1.48. The summed E-state index contributed by atoms with van der Waals surface area (Å²) in [6.45, 7) is 0. The average molecular weight is 312 g/mol. The van der Waals surface area contributed by atoms with Crippen LogP contribution in [0.25, 0.3) is 0 Å². The second-order valence-electron chi connectivity index (χ2n) is 7.80. The Labute approximate surface area is 137 Å². The summed E-state index contributed by atoms with van der Waals surface area (Å²) in [5.41, 5.74) is 3.19. The lowest BCUT2D eigenvalue weighted by Crippen LogP contribution is -2.47. The molecule has 1 aromatic carbocycles.